The number of amides is 7. The molecule has 4 aromatic heterocycles. The lowest BCUT2D eigenvalue weighted by molar-refractivity contribution is -0.137. The SMILES string of the molecule is Cc1cccc(-c2[nH]c(CN(Cc3ccccc3C)C(=O)OCc3ccc(NC(=O)[C@H](CCCNC(N)=O)CC(=O)[C@@H](NC(=O)CCCCCN4C(=O)C=CC4=O)C(C)C)cc3)nc2-c2ccc3ncnn3c2)n1. The van der Waals surface area contributed by atoms with Gasteiger partial charge >= 0.3 is 12.1 Å². The molecule has 1 aliphatic heterocycles. The van der Waals surface area contributed by atoms with Crippen molar-refractivity contribution in [3.63, 3.8) is 0 Å². The van der Waals surface area contributed by atoms with Gasteiger partial charge in [-0.05, 0) is 98.5 Å². The molecule has 0 unspecified atom stereocenters. The highest BCUT2D eigenvalue weighted by Gasteiger charge is 2.30. The molecule has 0 aliphatic carbocycles. The van der Waals surface area contributed by atoms with E-state index in [-0.39, 0.29) is 81.5 Å². The van der Waals surface area contributed by atoms with Crippen LogP contribution in [0.5, 0.6) is 0 Å². The first-order valence-electron chi connectivity index (χ1n) is 24.7. The number of carbonyl (C=O) groups is 7. The van der Waals surface area contributed by atoms with Crippen molar-refractivity contribution in [2.75, 3.05) is 18.4 Å². The number of carbonyl (C=O) groups excluding carboxylic acids is 7. The van der Waals surface area contributed by atoms with Crippen molar-refractivity contribution in [2.45, 2.75) is 98.4 Å². The van der Waals surface area contributed by atoms with Crippen LogP contribution in [0.3, 0.4) is 0 Å². The molecule has 2 atom stereocenters. The number of urea groups is 1. The van der Waals surface area contributed by atoms with Crippen molar-refractivity contribution in [3.8, 4) is 22.6 Å². The van der Waals surface area contributed by atoms with Crippen molar-refractivity contribution in [1.82, 2.24) is 50.0 Å². The molecule has 7 amide bonds. The van der Waals surface area contributed by atoms with Gasteiger partial charge in [-0.15, -0.1) is 0 Å². The Hall–Kier alpha value is -8.55. The van der Waals surface area contributed by atoms with E-state index in [1.165, 1.54) is 18.5 Å². The van der Waals surface area contributed by atoms with Gasteiger partial charge in [0.25, 0.3) is 11.8 Å². The minimum absolute atomic E-state index is 0.0716. The van der Waals surface area contributed by atoms with Crippen molar-refractivity contribution < 1.29 is 38.3 Å². The van der Waals surface area contributed by atoms with E-state index in [9.17, 15) is 33.6 Å². The van der Waals surface area contributed by atoms with Crippen LogP contribution >= 0.6 is 0 Å². The number of primary amides is 1. The van der Waals surface area contributed by atoms with E-state index in [0.717, 1.165) is 27.3 Å². The molecular weight excluding hydrogens is 945 g/mol. The average Bonchev–Trinajstić information content (AvgIpc) is 4.12. The molecule has 2 aromatic carbocycles. The zero-order valence-electron chi connectivity index (χ0n) is 42.0. The molecule has 1 aliphatic rings. The number of imide groups is 1. The summed E-state index contributed by atoms with van der Waals surface area (Å²) in [6, 6.07) is 22.5. The third kappa shape index (κ3) is 14.5. The van der Waals surface area contributed by atoms with Crippen LogP contribution < -0.4 is 21.7 Å². The highest BCUT2D eigenvalue weighted by atomic mass is 16.6. The second-order valence-electron chi connectivity index (χ2n) is 18.6. The maximum atomic E-state index is 14.1. The van der Waals surface area contributed by atoms with E-state index in [2.05, 4.69) is 31.0 Å². The summed E-state index contributed by atoms with van der Waals surface area (Å²) in [5, 5.41) is 12.6. The summed E-state index contributed by atoms with van der Waals surface area (Å²) in [5.41, 5.74) is 12.5. The number of anilines is 1. The predicted molar refractivity (Wildman–Crippen MR) is 275 cm³/mol. The zero-order valence-corrected chi connectivity index (χ0v) is 42.0. The third-order valence-corrected chi connectivity index (χ3v) is 12.6. The fourth-order valence-corrected chi connectivity index (χ4v) is 8.56. The number of hydrogen-bond acceptors (Lipinski definition) is 12. The number of unbranched alkanes of at least 4 members (excludes halogenated alkanes) is 2. The van der Waals surface area contributed by atoms with Crippen molar-refractivity contribution in [2.24, 2.45) is 17.6 Å². The van der Waals surface area contributed by atoms with Crippen LogP contribution in [-0.4, -0.2) is 100 Å². The van der Waals surface area contributed by atoms with E-state index < -0.39 is 30.0 Å². The molecule has 7 rings (SSSR count). The van der Waals surface area contributed by atoms with E-state index in [4.69, 9.17) is 20.4 Å². The number of rotatable bonds is 25. The van der Waals surface area contributed by atoms with Gasteiger partial charge in [-0.25, -0.2) is 24.1 Å². The number of nitrogens with two attached hydrogens (primary N) is 1. The molecule has 0 radical (unpaired) electrons. The van der Waals surface area contributed by atoms with Crippen molar-refractivity contribution >= 4 is 52.9 Å². The summed E-state index contributed by atoms with van der Waals surface area (Å²) in [6.07, 6.45) is 7.40. The van der Waals surface area contributed by atoms with Gasteiger partial charge in [0.15, 0.2) is 11.4 Å². The second kappa shape index (κ2) is 25.2. The van der Waals surface area contributed by atoms with Gasteiger partial charge in [0.2, 0.25) is 11.8 Å². The Morgan fingerprint density at radius 3 is 2.35 bits per heavy atom. The molecule has 0 fully saturated rings. The standard InChI is InChI=1S/C54H62N12O8/c1-34(2)49(63-46(68)17-6-5-9-27-65-47(69)24-25-48(65)70)43(67)28-38(15-11-26-56-53(55)72)52(71)60-41-21-18-37(19-22-41)32-74-54(73)64(29-39-14-8-7-12-35(39)3)31-44-61-50(40-20-23-45-57-33-58-66(45)30-40)51(62-44)42-16-10-13-36(4)59-42/h7-8,10,12-14,16,18-25,30,33-34,38,49H,5-6,9,11,15,17,26-29,31-32H2,1-4H3,(H,60,71)(H,61,62)(H,63,68)(H3,55,56,72)/t38-,49+/m1/s1. The number of nitrogens with one attached hydrogen (secondary N) is 4. The van der Waals surface area contributed by atoms with Crippen LogP contribution in [-0.2, 0) is 48.4 Å². The molecule has 0 spiro atoms. The number of aryl methyl sites for hydroxylation is 2. The molecule has 0 saturated carbocycles. The number of ether oxygens (including phenoxy) is 1. The summed E-state index contributed by atoms with van der Waals surface area (Å²) in [7, 11) is 0. The molecule has 5 heterocycles. The minimum atomic E-state index is -0.853. The number of nitrogens with zero attached hydrogens (tertiary/aromatic N) is 7. The van der Waals surface area contributed by atoms with Crippen molar-refractivity contribution in [3.05, 3.63) is 132 Å². The number of fused-ring (bicyclic) bond motifs is 1. The first-order valence-corrected chi connectivity index (χ1v) is 24.7. The van der Waals surface area contributed by atoms with E-state index in [0.29, 0.717) is 65.5 Å². The number of Topliss-reactive ketones (excluding diaryl/α,β-unsaturated/α-hetero) is 1. The van der Waals surface area contributed by atoms with Crippen LogP contribution in [0.2, 0.25) is 0 Å². The van der Waals surface area contributed by atoms with Gasteiger partial charge in [-0.1, -0.05) is 62.7 Å². The fourth-order valence-electron chi connectivity index (χ4n) is 8.56. The largest absolute Gasteiger partial charge is 0.445 e. The Kier molecular flexibility index (Phi) is 18.1. The summed E-state index contributed by atoms with van der Waals surface area (Å²) in [4.78, 5) is 110. The minimum Gasteiger partial charge on any atom is -0.445 e. The first kappa shape index (κ1) is 53.3. The molecular formula is C54H62N12O8. The number of pyridine rings is 2. The highest BCUT2D eigenvalue weighted by molar-refractivity contribution is 6.12. The maximum absolute atomic E-state index is 14.1. The van der Waals surface area contributed by atoms with Gasteiger partial charge in [0.05, 0.1) is 29.7 Å². The van der Waals surface area contributed by atoms with Crippen LogP contribution in [0.1, 0.15) is 87.0 Å². The predicted octanol–water partition coefficient (Wildman–Crippen LogP) is 6.73. The Morgan fingerprint density at radius 1 is 0.851 bits per heavy atom. The maximum Gasteiger partial charge on any atom is 0.410 e. The number of H-pyrrole nitrogens is 1. The smallest absolute Gasteiger partial charge is 0.410 e. The molecule has 6 N–H and O–H groups in total. The Morgan fingerprint density at radius 2 is 1.62 bits per heavy atom. The van der Waals surface area contributed by atoms with Gasteiger partial charge in [-0.2, -0.15) is 5.10 Å². The van der Waals surface area contributed by atoms with Crippen molar-refractivity contribution in [1.29, 1.82) is 0 Å². The topological polar surface area (TPSA) is 269 Å². The number of hydrogen-bond donors (Lipinski definition) is 5. The second-order valence-corrected chi connectivity index (χ2v) is 18.6. The van der Waals surface area contributed by atoms with E-state index in [1.807, 2.05) is 88.5 Å². The number of ketones is 1. The van der Waals surface area contributed by atoms with Gasteiger partial charge in [-0.3, -0.25) is 38.8 Å². The lowest BCUT2D eigenvalue weighted by Crippen LogP contribution is -2.45. The monoisotopic (exact) mass is 1010 g/mol. The van der Waals surface area contributed by atoms with Gasteiger partial charge < -0.3 is 31.4 Å². The van der Waals surface area contributed by atoms with Gasteiger partial charge in [0, 0.05) is 73.7 Å². The van der Waals surface area contributed by atoms with Crippen LogP contribution in [0.15, 0.2) is 104 Å². The van der Waals surface area contributed by atoms with Crippen LogP contribution in [0.4, 0.5) is 15.3 Å². The Balaban J connectivity index is 0.987. The number of benzene rings is 2. The van der Waals surface area contributed by atoms with E-state index >= 15 is 0 Å². The summed E-state index contributed by atoms with van der Waals surface area (Å²) < 4.78 is 7.60. The van der Waals surface area contributed by atoms with Crippen LogP contribution in [0.25, 0.3) is 28.3 Å². The molecule has 0 bridgehead atoms. The molecule has 386 valence electrons. The fraction of sp³-hybridized carbons (Fsp3) is 0.352. The van der Waals surface area contributed by atoms with Crippen LogP contribution in [0, 0.1) is 25.7 Å². The normalized spacial score (nSPS) is 13.0. The number of aromatic amines is 1. The lowest BCUT2D eigenvalue weighted by atomic mass is 9.89. The summed E-state index contributed by atoms with van der Waals surface area (Å²) >= 11 is 0. The number of imidazole rings is 1. The molecule has 20 heteroatoms. The average molecular weight is 1010 g/mol. The Labute approximate surface area is 428 Å². The quantitative estimate of drug-likeness (QED) is 0.0295. The molecule has 6 aromatic rings. The molecule has 74 heavy (non-hydrogen) atoms. The summed E-state index contributed by atoms with van der Waals surface area (Å²) in [6.45, 7) is 8.20. The lowest BCUT2D eigenvalue weighted by Gasteiger charge is -2.24. The first-order chi connectivity index (χ1) is 35.6. The Bertz CT molecular complexity index is 3000. The highest BCUT2D eigenvalue weighted by Crippen LogP contribution is 2.30. The third-order valence-electron chi connectivity index (χ3n) is 12.6. The molecule has 0 saturated heterocycles. The molecule has 20 nitrogen and oxygen atoms in total. The summed E-state index contributed by atoms with van der Waals surface area (Å²) in [5.74, 6) is -2.34. The number of aromatic nitrogens is 6. The van der Waals surface area contributed by atoms with Gasteiger partial charge in [0.1, 0.15) is 18.8 Å². The zero-order chi connectivity index (χ0) is 52.7. The van der Waals surface area contributed by atoms with E-state index in [1.54, 1.807) is 33.7 Å².